The van der Waals surface area contributed by atoms with Crippen LogP contribution in [0.1, 0.15) is 24.2 Å². The lowest BCUT2D eigenvalue weighted by molar-refractivity contribution is -0.0226. The second-order valence-corrected chi connectivity index (χ2v) is 4.92. The Labute approximate surface area is 108 Å². The predicted octanol–water partition coefficient (Wildman–Crippen LogP) is 1.27. The number of piperidine rings is 1. The quantitative estimate of drug-likeness (QED) is 0.843. The van der Waals surface area contributed by atoms with Crippen molar-refractivity contribution >= 4 is 5.82 Å². The van der Waals surface area contributed by atoms with Crippen molar-refractivity contribution in [2.24, 2.45) is 0 Å². The highest BCUT2D eigenvalue weighted by Crippen LogP contribution is 2.22. The molecular formula is C13H22N4O. The van der Waals surface area contributed by atoms with Gasteiger partial charge < -0.3 is 15.4 Å². The lowest BCUT2D eigenvalue weighted by atomic mass is 9.92. The van der Waals surface area contributed by atoms with Crippen molar-refractivity contribution in [2.45, 2.75) is 32.3 Å². The number of nitrogens with zero attached hydrogens (tertiary/aromatic N) is 2. The average molecular weight is 250 g/mol. The molecule has 1 aromatic rings. The normalized spacial score (nSPS) is 18.6. The van der Waals surface area contributed by atoms with E-state index >= 15 is 0 Å². The molecule has 0 amide bonds. The maximum atomic E-state index is 5.70. The number of ether oxygens (including phenoxy) is 1. The van der Waals surface area contributed by atoms with Gasteiger partial charge in [0.05, 0.1) is 23.2 Å². The number of aromatic nitrogens is 2. The third-order valence-corrected chi connectivity index (χ3v) is 3.73. The summed E-state index contributed by atoms with van der Waals surface area (Å²) in [5, 5.41) is 6.70. The molecule has 1 saturated heterocycles. The maximum Gasteiger partial charge on any atom is 0.144 e. The summed E-state index contributed by atoms with van der Waals surface area (Å²) in [7, 11) is 1.79. The first-order valence-corrected chi connectivity index (χ1v) is 6.45. The summed E-state index contributed by atoms with van der Waals surface area (Å²) in [5.41, 5.74) is 1.87. The van der Waals surface area contributed by atoms with Crippen LogP contribution in [-0.2, 0) is 4.74 Å². The molecular weight excluding hydrogens is 228 g/mol. The Hall–Kier alpha value is -1.20. The van der Waals surface area contributed by atoms with E-state index in [1.54, 1.807) is 13.3 Å². The van der Waals surface area contributed by atoms with Crippen LogP contribution in [0, 0.1) is 13.8 Å². The predicted molar refractivity (Wildman–Crippen MR) is 71.8 cm³/mol. The van der Waals surface area contributed by atoms with Gasteiger partial charge in [-0.15, -0.1) is 0 Å². The summed E-state index contributed by atoms with van der Waals surface area (Å²) >= 11 is 0. The Morgan fingerprint density at radius 3 is 2.67 bits per heavy atom. The van der Waals surface area contributed by atoms with Crippen LogP contribution in [0.25, 0.3) is 0 Å². The smallest absolute Gasteiger partial charge is 0.144 e. The van der Waals surface area contributed by atoms with Gasteiger partial charge in [0.25, 0.3) is 0 Å². The maximum absolute atomic E-state index is 5.70. The van der Waals surface area contributed by atoms with Gasteiger partial charge in [-0.1, -0.05) is 0 Å². The zero-order valence-electron chi connectivity index (χ0n) is 11.4. The molecule has 1 aromatic heterocycles. The van der Waals surface area contributed by atoms with E-state index < -0.39 is 0 Å². The molecule has 0 bridgehead atoms. The van der Waals surface area contributed by atoms with Gasteiger partial charge in [-0.3, -0.25) is 4.98 Å². The summed E-state index contributed by atoms with van der Waals surface area (Å²) in [6, 6.07) is 0. The standard InChI is InChI=1S/C13H22N4O/c1-10-11(2)17-12(8-15-10)16-9-13(18-3)4-6-14-7-5-13/h8,14H,4-7,9H2,1-3H3,(H,16,17). The molecule has 18 heavy (non-hydrogen) atoms. The lowest BCUT2D eigenvalue weighted by Crippen LogP contribution is -2.48. The Kier molecular flexibility index (Phi) is 4.14. The second-order valence-electron chi connectivity index (χ2n) is 4.92. The van der Waals surface area contributed by atoms with Gasteiger partial charge in [-0.05, 0) is 39.8 Å². The Balaban J connectivity index is 1.98. The van der Waals surface area contributed by atoms with Gasteiger partial charge >= 0.3 is 0 Å². The van der Waals surface area contributed by atoms with Crippen molar-refractivity contribution in [1.82, 2.24) is 15.3 Å². The van der Waals surface area contributed by atoms with E-state index in [2.05, 4.69) is 20.6 Å². The Bertz CT molecular complexity index is 402. The summed E-state index contributed by atoms with van der Waals surface area (Å²) in [6.45, 7) is 6.74. The van der Waals surface area contributed by atoms with Crippen LogP contribution >= 0.6 is 0 Å². The molecule has 1 aliphatic rings. The van der Waals surface area contributed by atoms with Crippen molar-refractivity contribution in [3.63, 3.8) is 0 Å². The van der Waals surface area contributed by atoms with Gasteiger partial charge in [0.2, 0.25) is 0 Å². The number of hydrogen-bond donors (Lipinski definition) is 2. The SMILES string of the molecule is COC1(CNc2cnc(C)c(C)n2)CCNCC1. The molecule has 5 nitrogen and oxygen atoms in total. The lowest BCUT2D eigenvalue weighted by Gasteiger charge is -2.36. The molecule has 1 aliphatic heterocycles. The fourth-order valence-electron chi connectivity index (χ4n) is 2.21. The molecule has 2 heterocycles. The molecule has 0 spiro atoms. The largest absolute Gasteiger partial charge is 0.376 e. The van der Waals surface area contributed by atoms with Gasteiger partial charge in [0.15, 0.2) is 0 Å². The van der Waals surface area contributed by atoms with E-state index in [-0.39, 0.29) is 5.60 Å². The highest BCUT2D eigenvalue weighted by atomic mass is 16.5. The molecule has 0 aromatic carbocycles. The van der Waals surface area contributed by atoms with Gasteiger partial charge in [-0.25, -0.2) is 4.98 Å². The van der Waals surface area contributed by atoms with Crippen molar-refractivity contribution < 1.29 is 4.74 Å². The van der Waals surface area contributed by atoms with Gasteiger partial charge in [0.1, 0.15) is 5.82 Å². The minimum atomic E-state index is -0.0777. The molecule has 1 fully saturated rings. The summed E-state index contributed by atoms with van der Waals surface area (Å²) in [5.74, 6) is 0.827. The van der Waals surface area contributed by atoms with E-state index in [1.165, 1.54) is 0 Å². The first kappa shape index (κ1) is 13.2. The van der Waals surface area contributed by atoms with Gasteiger partial charge in [0, 0.05) is 13.7 Å². The minimum Gasteiger partial charge on any atom is -0.376 e. The number of hydrogen-bond acceptors (Lipinski definition) is 5. The average Bonchev–Trinajstić information content (AvgIpc) is 2.41. The summed E-state index contributed by atoms with van der Waals surface area (Å²) in [6.07, 6.45) is 3.83. The van der Waals surface area contributed by atoms with E-state index in [0.717, 1.165) is 49.7 Å². The van der Waals surface area contributed by atoms with Crippen molar-refractivity contribution in [3.05, 3.63) is 17.6 Å². The fraction of sp³-hybridized carbons (Fsp3) is 0.692. The molecule has 0 atom stereocenters. The molecule has 0 radical (unpaired) electrons. The summed E-state index contributed by atoms with van der Waals surface area (Å²) < 4.78 is 5.70. The zero-order valence-corrected chi connectivity index (χ0v) is 11.4. The second kappa shape index (κ2) is 5.63. The van der Waals surface area contributed by atoms with Gasteiger partial charge in [-0.2, -0.15) is 0 Å². The third kappa shape index (κ3) is 2.97. The molecule has 2 rings (SSSR count). The number of nitrogens with one attached hydrogen (secondary N) is 2. The fourth-order valence-corrected chi connectivity index (χ4v) is 2.21. The highest BCUT2D eigenvalue weighted by molar-refractivity contribution is 5.34. The molecule has 0 saturated carbocycles. The van der Waals surface area contributed by atoms with E-state index in [0.29, 0.717) is 0 Å². The topological polar surface area (TPSA) is 59.1 Å². The monoisotopic (exact) mass is 250 g/mol. The van der Waals surface area contributed by atoms with Crippen LogP contribution in [0.5, 0.6) is 0 Å². The third-order valence-electron chi connectivity index (χ3n) is 3.73. The number of anilines is 1. The molecule has 100 valence electrons. The minimum absolute atomic E-state index is 0.0777. The van der Waals surface area contributed by atoms with Crippen LogP contribution in [-0.4, -0.2) is 42.3 Å². The van der Waals surface area contributed by atoms with Crippen molar-refractivity contribution in [3.8, 4) is 0 Å². The van der Waals surface area contributed by atoms with E-state index in [4.69, 9.17) is 4.74 Å². The molecule has 0 unspecified atom stereocenters. The first-order valence-electron chi connectivity index (χ1n) is 6.45. The van der Waals surface area contributed by atoms with E-state index in [1.807, 2.05) is 13.8 Å². The highest BCUT2D eigenvalue weighted by Gasteiger charge is 2.31. The van der Waals surface area contributed by atoms with E-state index in [9.17, 15) is 0 Å². The number of methoxy groups -OCH3 is 1. The summed E-state index contributed by atoms with van der Waals surface area (Å²) in [4.78, 5) is 8.79. The Morgan fingerprint density at radius 1 is 1.33 bits per heavy atom. The van der Waals surface area contributed by atoms with Crippen LogP contribution in [0.15, 0.2) is 6.20 Å². The number of rotatable bonds is 4. The molecule has 5 heteroatoms. The molecule has 0 aliphatic carbocycles. The number of aryl methyl sites for hydroxylation is 2. The van der Waals surface area contributed by atoms with Crippen LogP contribution in [0.4, 0.5) is 5.82 Å². The molecule has 2 N–H and O–H groups in total. The van der Waals surface area contributed by atoms with Crippen molar-refractivity contribution in [1.29, 1.82) is 0 Å². The van der Waals surface area contributed by atoms with Crippen molar-refractivity contribution in [2.75, 3.05) is 32.1 Å². The zero-order chi connectivity index (χ0) is 13.0. The van der Waals surface area contributed by atoms with Crippen LogP contribution in [0.3, 0.4) is 0 Å². The first-order chi connectivity index (χ1) is 8.65. The van der Waals surface area contributed by atoms with Crippen LogP contribution < -0.4 is 10.6 Å². The van der Waals surface area contributed by atoms with Crippen LogP contribution in [0.2, 0.25) is 0 Å². The Morgan fingerprint density at radius 2 is 2.06 bits per heavy atom.